The van der Waals surface area contributed by atoms with Gasteiger partial charge in [0.25, 0.3) is 0 Å². The van der Waals surface area contributed by atoms with Gasteiger partial charge in [0, 0.05) is 0 Å². The van der Waals surface area contributed by atoms with Crippen LogP contribution < -0.4 is 19.9 Å². The highest BCUT2D eigenvalue weighted by Gasteiger charge is 2.28. The molecule has 0 heterocycles. The summed E-state index contributed by atoms with van der Waals surface area (Å²) in [5.41, 5.74) is 6.92. The summed E-state index contributed by atoms with van der Waals surface area (Å²) in [6.45, 7) is 2.02. The van der Waals surface area contributed by atoms with Crippen molar-refractivity contribution in [3.05, 3.63) is 53.6 Å². The van der Waals surface area contributed by atoms with Gasteiger partial charge in [0.1, 0.15) is 6.61 Å². The fourth-order valence-electron chi connectivity index (χ4n) is 2.64. The van der Waals surface area contributed by atoms with Gasteiger partial charge in [0.2, 0.25) is 5.75 Å². The number of benzene rings is 2. The van der Waals surface area contributed by atoms with Gasteiger partial charge in [-0.25, -0.2) is 4.79 Å². The summed E-state index contributed by atoms with van der Waals surface area (Å²) < 4.78 is 21.3. The Morgan fingerprint density at radius 1 is 1.00 bits per heavy atom. The highest BCUT2D eigenvalue weighted by molar-refractivity contribution is 5.91. The first kappa shape index (κ1) is 22.6. The Hall–Kier alpha value is -2.44. The Morgan fingerprint density at radius 3 is 2.00 bits per heavy atom. The molecule has 0 aliphatic carbocycles. The van der Waals surface area contributed by atoms with Crippen LogP contribution in [0.1, 0.15) is 29.3 Å². The quantitative estimate of drug-likeness (QED) is 0.688. The topological polar surface area (TPSA) is 80.0 Å². The summed E-state index contributed by atoms with van der Waals surface area (Å²) in [5.74, 6) is 0.675. The van der Waals surface area contributed by atoms with Gasteiger partial charge < -0.3 is 24.7 Å². The molecule has 1 atom stereocenters. The molecule has 0 amide bonds. The van der Waals surface area contributed by atoms with Gasteiger partial charge in [-0.15, -0.1) is 12.4 Å². The van der Waals surface area contributed by atoms with Crippen LogP contribution in [0, 0.1) is 0 Å². The first-order chi connectivity index (χ1) is 12.5. The first-order valence-electron chi connectivity index (χ1n) is 8.30. The van der Waals surface area contributed by atoms with E-state index in [0.29, 0.717) is 29.2 Å². The molecule has 2 N–H and O–H groups in total. The van der Waals surface area contributed by atoms with Crippen LogP contribution in [0.5, 0.6) is 17.2 Å². The SMILES string of the molecule is CCC(N)(COC(=O)c1cc(OC)c(OC)c(OC)c1)c1ccccc1.Cl. The third-order valence-corrected chi connectivity index (χ3v) is 4.34. The van der Waals surface area contributed by atoms with Gasteiger partial charge in [-0.2, -0.15) is 0 Å². The van der Waals surface area contributed by atoms with Crippen LogP contribution in [-0.4, -0.2) is 33.9 Å². The molecule has 0 saturated heterocycles. The van der Waals surface area contributed by atoms with Crippen LogP contribution in [0.3, 0.4) is 0 Å². The summed E-state index contributed by atoms with van der Waals surface area (Å²) in [7, 11) is 4.48. The van der Waals surface area contributed by atoms with Crippen LogP contribution in [0.4, 0.5) is 0 Å². The van der Waals surface area contributed by atoms with E-state index in [2.05, 4.69) is 0 Å². The fraction of sp³-hybridized carbons (Fsp3) is 0.350. The number of hydrogen-bond acceptors (Lipinski definition) is 6. The third kappa shape index (κ3) is 5.05. The Labute approximate surface area is 166 Å². The van der Waals surface area contributed by atoms with Crippen LogP contribution in [0.15, 0.2) is 42.5 Å². The van der Waals surface area contributed by atoms with Crippen LogP contribution in [0.25, 0.3) is 0 Å². The molecule has 27 heavy (non-hydrogen) atoms. The van der Waals surface area contributed by atoms with Crippen molar-refractivity contribution in [2.45, 2.75) is 18.9 Å². The maximum absolute atomic E-state index is 12.5. The molecule has 0 bridgehead atoms. The molecule has 2 aromatic rings. The Morgan fingerprint density at radius 2 is 1.56 bits per heavy atom. The lowest BCUT2D eigenvalue weighted by atomic mass is 9.89. The molecule has 7 heteroatoms. The molecular weight excluding hydrogens is 370 g/mol. The number of esters is 1. The van der Waals surface area contributed by atoms with E-state index in [0.717, 1.165) is 5.56 Å². The Bertz CT molecular complexity index is 728. The molecule has 0 aromatic heterocycles. The van der Waals surface area contributed by atoms with E-state index in [1.54, 1.807) is 12.1 Å². The van der Waals surface area contributed by atoms with E-state index in [1.165, 1.54) is 21.3 Å². The van der Waals surface area contributed by atoms with Crippen molar-refractivity contribution in [2.75, 3.05) is 27.9 Å². The number of methoxy groups -OCH3 is 3. The molecule has 1 unspecified atom stereocenters. The molecule has 0 fully saturated rings. The van der Waals surface area contributed by atoms with Crippen molar-refractivity contribution in [3.8, 4) is 17.2 Å². The summed E-state index contributed by atoms with van der Waals surface area (Å²) in [5, 5.41) is 0. The second kappa shape index (κ2) is 10.0. The number of nitrogens with two attached hydrogens (primary N) is 1. The highest BCUT2D eigenvalue weighted by Crippen LogP contribution is 2.38. The molecule has 2 aromatic carbocycles. The van der Waals surface area contributed by atoms with E-state index in [9.17, 15) is 4.79 Å². The maximum Gasteiger partial charge on any atom is 0.338 e. The van der Waals surface area contributed by atoms with Gasteiger partial charge in [0.05, 0.1) is 32.4 Å². The van der Waals surface area contributed by atoms with E-state index in [-0.39, 0.29) is 19.0 Å². The molecule has 148 valence electrons. The van der Waals surface area contributed by atoms with Gasteiger partial charge >= 0.3 is 5.97 Å². The minimum Gasteiger partial charge on any atom is -0.493 e. The molecule has 6 nitrogen and oxygen atoms in total. The smallest absolute Gasteiger partial charge is 0.338 e. The number of carbonyl (C=O) groups excluding carboxylic acids is 1. The van der Waals surface area contributed by atoms with Crippen LogP contribution >= 0.6 is 12.4 Å². The predicted molar refractivity (Wildman–Crippen MR) is 106 cm³/mol. The Balaban J connectivity index is 0.00000364. The second-order valence-electron chi connectivity index (χ2n) is 5.87. The molecule has 0 spiro atoms. The molecule has 0 radical (unpaired) electrons. The summed E-state index contributed by atoms with van der Waals surface area (Å²) in [6.07, 6.45) is 0.625. The second-order valence-corrected chi connectivity index (χ2v) is 5.87. The summed E-state index contributed by atoms with van der Waals surface area (Å²) in [6, 6.07) is 12.7. The van der Waals surface area contributed by atoms with Gasteiger partial charge in [0.15, 0.2) is 11.5 Å². The number of ether oxygens (including phenoxy) is 4. The summed E-state index contributed by atoms with van der Waals surface area (Å²) in [4.78, 5) is 12.5. The normalized spacial score (nSPS) is 12.3. The first-order valence-corrected chi connectivity index (χ1v) is 8.30. The van der Waals surface area contributed by atoms with Gasteiger partial charge in [-0.05, 0) is 24.1 Å². The Kier molecular flexibility index (Phi) is 8.40. The maximum atomic E-state index is 12.5. The van der Waals surface area contributed by atoms with Crippen molar-refractivity contribution in [3.63, 3.8) is 0 Å². The average Bonchev–Trinajstić information content (AvgIpc) is 2.71. The van der Waals surface area contributed by atoms with E-state index in [1.807, 2.05) is 37.3 Å². The number of carbonyl (C=O) groups is 1. The minimum absolute atomic E-state index is 0. The zero-order valence-corrected chi connectivity index (χ0v) is 16.8. The molecule has 0 saturated carbocycles. The van der Waals surface area contributed by atoms with E-state index in [4.69, 9.17) is 24.7 Å². The van der Waals surface area contributed by atoms with Crippen molar-refractivity contribution in [2.24, 2.45) is 5.73 Å². The third-order valence-electron chi connectivity index (χ3n) is 4.34. The minimum atomic E-state index is -0.752. The fourth-order valence-corrected chi connectivity index (χ4v) is 2.64. The molecule has 0 aliphatic rings. The van der Waals surface area contributed by atoms with Gasteiger partial charge in [-0.3, -0.25) is 0 Å². The monoisotopic (exact) mass is 395 g/mol. The number of rotatable bonds is 8. The molecule has 0 aliphatic heterocycles. The highest BCUT2D eigenvalue weighted by atomic mass is 35.5. The number of hydrogen-bond donors (Lipinski definition) is 1. The van der Waals surface area contributed by atoms with Crippen molar-refractivity contribution in [1.82, 2.24) is 0 Å². The lowest BCUT2D eigenvalue weighted by Crippen LogP contribution is -2.41. The molecule has 2 rings (SSSR count). The van der Waals surface area contributed by atoms with E-state index < -0.39 is 11.5 Å². The summed E-state index contributed by atoms with van der Waals surface area (Å²) >= 11 is 0. The zero-order chi connectivity index (χ0) is 19.2. The van der Waals surface area contributed by atoms with Crippen LogP contribution in [-0.2, 0) is 10.3 Å². The van der Waals surface area contributed by atoms with Crippen molar-refractivity contribution < 1.29 is 23.7 Å². The average molecular weight is 396 g/mol. The lowest BCUT2D eigenvalue weighted by molar-refractivity contribution is 0.0397. The number of halogens is 1. The van der Waals surface area contributed by atoms with Crippen LogP contribution in [0.2, 0.25) is 0 Å². The van der Waals surface area contributed by atoms with Crippen molar-refractivity contribution >= 4 is 18.4 Å². The zero-order valence-electron chi connectivity index (χ0n) is 16.0. The standard InChI is InChI=1S/C20H25NO5.ClH/c1-5-20(21,15-9-7-6-8-10-15)13-26-19(22)14-11-16(23-2)18(25-4)17(12-14)24-3;/h6-12H,5,13,21H2,1-4H3;1H. The van der Waals surface area contributed by atoms with Gasteiger partial charge in [-0.1, -0.05) is 37.3 Å². The van der Waals surface area contributed by atoms with Crippen molar-refractivity contribution in [1.29, 1.82) is 0 Å². The largest absolute Gasteiger partial charge is 0.493 e. The lowest BCUT2D eigenvalue weighted by Gasteiger charge is -2.28. The predicted octanol–water partition coefficient (Wildman–Crippen LogP) is 3.56. The van der Waals surface area contributed by atoms with E-state index >= 15 is 0 Å². The molecular formula is C20H26ClNO5.